The van der Waals surface area contributed by atoms with Crippen molar-refractivity contribution in [3.8, 4) is 5.75 Å². The Bertz CT molecular complexity index is 723. The molecule has 1 amide bonds. The molecule has 25 heavy (non-hydrogen) atoms. The molecule has 1 aliphatic rings. The Balaban J connectivity index is 1.56. The summed E-state index contributed by atoms with van der Waals surface area (Å²) in [6.45, 7) is 6.43. The fourth-order valence-corrected chi connectivity index (χ4v) is 2.94. The number of carbonyl (C=O) groups excluding carboxylic acids is 1. The lowest BCUT2D eigenvalue weighted by Crippen LogP contribution is -2.52. The molecule has 1 fully saturated rings. The van der Waals surface area contributed by atoms with E-state index in [1.165, 1.54) is 0 Å². The first-order valence-corrected chi connectivity index (χ1v) is 8.54. The molecule has 1 aromatic carbocycles. The molecule has 2 aromatic rings. The van der Waals surface area contributed by atoms with Crippen LogP contribution in [0.5, 0.6) is 5.75 Å². The van der Waals surface area contributed by atoms with Gasteiger partial charge in [0.2, 0.25) is 11.9 Å². The third-order valence-corrected chi connectivity index (χ3v) is 4.37. The highest BCUT2D eigenvalue weighted by atomic mass is 16.5. The van der Waals surface area contributed by atoms with E-state index in [-0.39, 0.29) is 5.91 Å². The summed E-state index contributed by atoms with van der Waals surface area (Å²) in [4.78, 5) is 20.6. The van der Waals surface area contributed by atoms with Crippen molar-refractivity contribution in [2.45, 2.75) is 26.4 Å². The van der Waals surface area contributed by atoms with Gasteiger partial charge in [0.25, 0.3) is 5.91 Å². The number of carbonyl (C=O) groups is 1. The Morgan fingerprint density at radius 2 is 2.04 bits per heavy atom. The standard InChI is InChI=1S/C17H24N6O2/c1-3-13-6-4-5-7-14(13)25-12(2)15(24)22-8-10-23(11-9-22)17-19-16(18)20-21-17/h4-7,12H,3,8-11H2,1-2H3,(H3,18,19,20,21). The minimum Gasteiger partial charge on any atom is -0.481 e. The van der Waals surface area contributed by atoms with E-state index < -0.39 is 6.10 Å². The summed E-state index contributed by atoms with van der Waals surface area (Å²) >= 11 is 0. The van der Waals surface area contributed by atoms with Gasteiger partial charge in [-0.05, 0) is 25.0 Å². The lowest BCUT2D eigenvalue weighted by molar-refractivity contribution is -0.138. The summed E-state index contributed by atoms with van der Waals surface area (Å²) < 4.78 is 5.92. The maximum Gasteiger partial charge on any atom is 0.263 e. The summed E-state index contributed by atoms with van der Waals surface area (Å²) in [6, 6.07) is 7.84. The van der Waals surface area contributed by atoms with Crippen LogP contribution >= 0.6 is 0 Å². The van der Waals surface area contributed by atoms with Gasteiger partial charge in [0.05, 0.1) is 0 Å². The molecule has 0 spiro atoms. The zero-order chi connectivity index (χ0) is 17.8. The number of hydrogen-bond donors (Lipinski definition) is 2. The van der Waals surface area contributed by atoms with Crippen LogP contribution in [0.4, 0.5) is 11.9 Å². The largest absolute Gasteiger partial charge is 0.481 e. The number of ether oxygens (including phenoxy) is 1. The lowest BCUT2D eigenvalue weighted by Gasteiger charge is -2.35. The Labute approximate surface area is 147 Å². The molecule has 0 bridgehead atoms. The first-order chi connectivity index (χ1) is 12.1. The maximum atomic E-state index is 12.7. The minimum absolute atomic E-state index is 0.0000528. The van der Waals surface area contributed by atoms with Crippen LogP contribution < -0.4 is 15.4 Å². The monoisotopic (exact) mass is 344 g/mol. The number of aromatic amines is 1. The molecular weight excluding hydrogens is 320 g/mol. The zero-order valence-corrected chi connectivity index (χ0v) is 14.6. The van der Waals surface area contributed by atoms with Crippen LogP contribution in [0.25, 0.3) is 0 Å². The van der Waals surface area contributed by atoms with Crippen molar-refractivity contribution in [3.63, 3.8) is 0 Å². The Hall–Kier alpha value is -2.77. The number of nitrogens with two attached hydrogens (primary N) is 1. The number of aromatic nitrogens is 3. The van der Waals surface area contributed by atoms with Crippen LogP contribution in [0.15, 0.2) is 24.3 Å². The van der Waals surface area contributed by atoms with E-state index >= 15 is 0 Å². The Morgan fingerprint density at radius 1 is 1.32 bits per heavy atom. The van der Waals surface area contributed by atoms with Gasteiger partial charge in [-0.25, -0.2) is 5.10 Å². The van der Waals surface area contributed by atoms with Gasteiger partial charge in [-0.1, -0.05) is 25.1 Å². The number of amides is 1. The smallest absolute Gasteiger partial charge is 0.263 e. The molecule has 8 nitrogen and oxygen atoms in total. The van der Waals surface area contributed by atoms with Crippen LogP contribution in [0.3, 0.4) is 0 Å². The molecule has 0 radical (unpaired) electrons. The number of H-pyrrole nitrogens is 1. The molecule has 1 atom stereocenters. The number of rotatable bonds is 5. The third kappa shape index (κ3) is 3.84. The highest BCUT2D eigenvalue weighted by Gasteiger charge is 2.27. The zero-order valence-electron chi connectivity index (χ0n) is 14.6. The van der Waals surface area contributed by atoms with Gasteiger partial charge in [0.1, 0.15) is 5.75 Å². The Morgan fingerprint density at radius 3 is 2.68 bits per heavy atom. The van der Waals surface area contributed by atoms with Gasteiger partial charge in [0, 0.05) is 26.2 Å². The van der Waals surface area contributed by atoms with Gasteiger partial charge >= 0.3 is 0 Å². The van der Waals surface area contributed by atoms with Crippen molar-refractivity contribution in [2.75, 3.05) is 36.8 Å². The number of para-hydroxylation sites is 1. The molecule has 1 saturated heterocycles. The number of nitrogen functional groups attached to an aromatic ring is 1. The average Bonchev–Trinajstić information content (AvgIpc) is 3.08. The second-order valence-corrected chi connectivity index (χ2v) is 6.05. The first kappa shape index (κ1) is 17.1. The minimum atomic E-state index is -0.515. The van der Waals surface area contributed by atoms with Gasteiger partial charge in [-0.2, -0.15) is 4.98 Å². The van der Waals surface area contributed by atoms with E-state index in [4.69, 9.17) is 10.5 Å². The fraction of sp³-hybridized carbons (Fsp3) is 0.471. The highest BCUT2D eigenvalue weighted by molar-refractivity contribution is 5.81. The van der Waals surface area contributed by atoms with E-state index in [0.717, 1.165) is 17.7 Å². The molecule has 0 aliphatic carbocycles. The summed E-state index contributed by atoms with van der Waals surface area (Å²) in [5.74, 6) is 1.65. The van der Waals surface area contributed by atoms with Gasteiger partial charge < -0.3 is 20.3 Å². The van der Waals surface area contributed by atoms with Crippen molar-refractivity contribution in [2.24, 2.45) is 0 Å². The van der Waals surface area contributed by atoms with E-state index in [1.807, 2.05) is 34.1 Å². The number of piperazine rings is 1. The first-order valence-electron chi connectivity index (χ1n) is 8.54. The van der Waals surface area contributed by atoms with Crippen molar-refractivity contribution < 1.29 is 9.53 Å². The predicted octanol–water partition coefficient (Wildman–Crippen LogP) is 1.07. The van der Waals surface area contributed by atoms with Gasteiger partial charge in [-0.15, -0.1) is 5.10 Å². The molecule has 3 rings (SSSR count). The number of aryl methyl sites for hydroxylation is 1. The second kappa shape index (κ2) is 7.42. The molecule has 1 aliphatic heterocycles. The van der Waals surface area contributed by atoms with Crippen molar-refractivity contribution in [1.82, 2.24) is 20.1 Å². The highest BCUT2D eigenvalue weighted by Crippen LogP contribution is 2.20. The Kier molecular flexibility index (Phi) is 5.06. The summed E-state index contributed by atoms with van der Waals surface area (Å²) in [5, 5.41) is 6.69. The molecule has 8 heteroatoms. The molecular formula is C17H24N6O2. The van der Waals surface area contributed by atoms with E-state index in [2.05, 4.69) is 22.1 Å². The quantitative estimate of drug-likeness (QED) is 0.841. The molecule has 2 heterocycles. The normalized spacial score (nSPS) is 15.9. The number of hydrogen-bond acceptors (Lipinski definition) is 6. The van der Waals surface area contributed by atoms with Gasteiger partial charge in [-0.3, -0.25) is 4.79 Å². The molecule has 0 saturated carbocycles. The van der Waals surface area contributed by atoms with Gasteiger partial charge in [0.15, 0.2) is 6.10 Å². The van der Waals surface area contributed by atoms with Crippen LogP contribution in [0.2, 0.25) is 0 Å². The number of nitrogens with one attached hydrogen (secondary N) is 1. The molecule has 134 valence electrons. The summed E-state index contributed by atoms with van der Waals surface area (Å²) in [5.41, 5.74) is 6.67. The summed E-state index contributed by atoms with van der Waals surface area (Å²) in [7, 11) is 0. The maximum absolute atomic E-state index is 12.7. The molecule has 3 N–H and O–H groups in total. The number of nitrogens with zero attached hydrogens (tertiary/aromatic N) is 4. The second-order valence-electron chi connectivity index (χ2n) is 6.05. The lowest BCUT2D eigenvalue weighted by atomic mass is 10.1. The molecule has 1 unspecified atom stereocenters. The van der Waals surface area contributed by atoms with Crippen LogP contribution in [-0.2, 0) is 11.2 Å². The van der Waals surface area contributed by atoms with Crippen molar-refractivity contribution >= 4 is 17.8 Å². The topological polar surface area (TPSA) is 100 Å². The molecule has 1 aromatic heterocycles. The SMILES string of the molecule is CCc1ccccc1OC(C)C(=O)N1CCN(c2n[nH]c(N)n2)CC1. The van der Waals surface area contributed by atoms with Crippen molar-refractivity contribution in [1.29, 1.82) is 0 Å². The average molecular weight is 344 g/mol. The third-order valence-electron chi connectivity index (χ3n) is 4.37. The summed E-state index contributed by atoms with van der Waals surface area (Å²) in [6.07, 6.45) is 0.355. The fourth-order valence-electron chi connectivity index (χ4n) is 2.94. The van der Waals surface area contributed by atoms with Crippen molar-refractivity contribution in [3.05, 3.63) is 29.8 Å². The van der Waals surface area contributed by atoms with E-state index in [9.17, 15) is 4.79 Å². The predicted molar refractivity (Wildman–Crippen MR) is 95.5 cm³/mol. The van der Waals surface area contributed by atoms with E-state index in [1.54, 1.807) is 6.92 Å². The van der Waals surface area contributed by atoms with Crippen LogP contribution in [0.1, 0.15) is 19.4 Å². The number of benzene rings is 1. The van der Waals surface area contributed by atoms with E-state index in [0.29, 0.717) is 38.1 Å². The van der Waals surface area contributed by atoms with Crippen LogP contribution in [-0.4, -0.2) is 58.3 Å². The van der Waals surface area contributed by atoms with Crippen LogP contribution in [0, 0.1) is 0 Å². The number of anilines is 2.